The lowest BCUT2D eigenvalue weighted by Gasteiger charge is -2.40. The summed E-state index contributed by atoms with van der Waals surface area (Å²) in [6.45, 7) is 10.0. The van der Waals surface area contributed by atoms with Gasteiger partial charge in [0.1, 0.15) is 23.0 Å². The summed E-state index contributed by atoms with van der Waals surface area (Å²) in [6, 6.07) is 3.53. The van der Waals surface area contributed by atoms with E-state index in [2.05, 4.69) is 6.92 Å². The monoisotopic (exact) mass is 542 g/mol. The average Bonchev–Trinajstić information content (AvgIpc) is 2.91. The fourth-order valence-electron chi connectivity index (χ4n) is 5.08. The minimum absolute atomic E-state index is 0.0459. The number of rotatable bonds is 10. The summed E-state index contributed by atoms with van der Waals surface area (Å²) >= 11 is 0. The highest BCUT2D eigenvalue weighted by Crippen LogP contribution is 2.48. The number of allylic oxidation sites excluding steroid dienone is 4. The second-order valence-electron chi connectivity index (χ2n) is 11.0. The molecule has 0 saturated heterocycles. The third-order valence-corrected chi connectivity index (χ3v) is 7.35. The fraction of sp³-hybridized carbons (Fsp3) is 0.353. The van der Waals surface area contributed by atoms with Crippen LogP contribution in [-0.2, 0) is 12.8 Å². The first-order valence-corrected chi connectivity index (χ1v) is 13.9. The van der Waals surface area contributed by atoms with E-state index in [9.17, 15) is 19.8 Å². The second-order valence-corrected chi connectivity index (χ2v) is 11.0. The van der Waals surface area contributed by atoms with E-state index in [1.54, 1.807) is 24.3 Å². The first-order chi connectivity index (χ1) is 19.1. The molecule has 2 aromatic rings. The summed E-state index contributed by atoms with van der Waals surface area (Å²) in [6.07, 6.45) is 15.2. The molecule has 2 heterocycles. The van der Waals surface area contributed by atoms with Gasteiger partial charge in [-0.3, -0.25) is 9.59 Å². The highest BCUT2D eigenvalue weighted by Gasteiger charge is 2.43. The van der Waals surface area contributed by atoms with Crippen molar-refractivity contribution >= 4 is 24.7 Å². The molecular weight excluding hydrogens is 504 g/mol. The van der Waals surface area contributed by atoms with Crippen LogP contribution in [0.15, 0.2) is 47.1 Å². The molecule has 210 valence electrons. The molecule has 2 aliphatic heterocycles. The van der Waals surface area contributed by atoms with Crippen LogP contribution in [0.25, 0.3) is 12.2 Å². The van der Waals surface area contributed by atoms with E-state index in [1.165, 1.54) is 0 Å². The largest absolute Gasteiger partial charge is 0.507 e. The number of benzene rings is 2. The molecule has 0 radical (unpaired) electrons. The van der Waals surface area contributed by atoms with Gasteiger partial charge in [0.2, 0.25) is 0 Å². The topological polar surface area (TPSA) is 93.1 Å². The minimum Gasteiger partial charge on any atom is -0.507 e. The third kappa shape index (κ3) is 5.62. The van der Waals surface area contributed by atoms with Crippen molar-refractivity contribution in [2.75, 3.05) is 0 Å². The van der Waals surface area contributed by atoms with E-state index in [4.69, 9.17) is 9.47 Å². The predicted octanol–water partition coefficient (Wildman–Crippen LogP) is 7.90. The molecule has 6 nitrogen and oxygen atoms in total. The Morgan fingerprint density at radius 2 is 1.35 bits per heavy atom. The smallest absolute Gasteiger partial charge is 0.294 e. The SMILES string of the molecule is CCCCCC1=Cc2c(cc(CC=C(C)C)c(O)c2C=O)O[C@@]12C=Cc1c(cc(CC=C(C)C)c(O)c1C=O)O2. The van der Waals surface area contributed by atoms with Crippen LogP contribution in [0.3, 0.4) is 0 Å². The summed E-state index contributed by atoms with van der Waals surface area (Å²) in [5, 5.41) is 21.8. The van der Waals surface area contributed by atoms with Crippen molar-refractivity contribution in [1.82, 2.24) is 0 Å². The maximum Gasteiger partial charge on any atom is 0.294 e. The molecule has 1 atom stereocenters. The predicted molar refractivity (Wildman–Crippen MR) is 158 cm³/mol. The molecular formula is C34H38O6. The number of carbonyl (C=O) groups is 2. The van der Waals surface area contributed by atoms with Gasteiger partial charge in [-0.2, -0.15) is 0 Å². The molecule has 2 N–H and O–H groups in total. The molecule has 2 aliphatic rings. The van der Waals surface area contributed by atoms with Crippen molar-refractivity contribution in [2.45, 2.75) is 78.9 Å². The molecule has 4 rings (SSSR count). The summed E-state index contributed by atoms with van der Waals surface area (Å²) in [5.74, 6) is -0.537. The van der Waals surface area contributed by atoms with Crippen molar-refractivity contribution in [3.05, 3.63) is 80.5 Å². The number of aromatic hydroxyl groups is 2. The van der Waals surface area contributed by atoms with Crippen molar-refractivity contribution in [2.24, 2.45) is 0 Å². The third-order valence-electron chi connectivity index (χ3n) is 7.35. The normalized spacial score (nSPS) is 16.7. The standard InChI is InChI=1S/C34H38O6/c1-6-7-8-9-25-18-27-29(20-36)33(38)24(13-11-22(4)5)17-31(27)40-34(25)15-14-26-28(19-35)32(37)23(12-10-21(2)3)16-30(26)39-34/h10-11,14-20,37-38H,6-9,12-13H2,1-5H3/t34-/m0/s1. The van der Waals surface area contributed by atoms with Gasteiger partial charge < -0.3 is 19.7 Å². The molecule has 0 fully saturated rings. The summed E-state index contributed by atoms with van der Waals surface area (Å²) < 4.78 is 13.2. The summed E-state index contributed by atoms with van der Waals surface area (Å²) in [7, 11) is 0. The Bertz CT molecular complexity index is 1440. The van der Waals surface area contributed by atoms with Gasteiger partial charge in [0.15, 0.2) is 12.6 Å². The number of phenols is 2. The molecule has 0 aromatic heterocycles. The lowest BCUT2D eigenvalue weighted by atomic mass is 9.88. The molecule has 6 heteroatoms. The summed E-state index contributed by atoms with van der Waals surface area (Å²) in [5.41, 5.74) is 5.53. The van der Waals surface area contributed by atoms with E-state index in [0.29, 0.717) is 65.6 Å². The van der Waals surface area contributed by atoms with Crippen molar-refractivity contribution in [3.8, 4) is 23.0 Å². The van der Waals surface area contributed by atoms with Gasteiger partial charge in [-0.25, -0.2) is 0 Å². The molecule has 0 amide bonds. The Morgan fingerprint density at radius 1 is 0.825 bits per heavy atom. The molecule has 40 heavy (non-hydrogen) atoms. The number of fused-ring (bicyclic) bond motifs is 2. The number of aldehydes is 2. The second kappa shape index (κ2) is 12.0. The van der Waals surface area contributed by atoms with Crippen LogP contribution in [0.2, 0.25) is 0 Å². The van der Waals surface area contributed by atoms with Crippen LogP contribution >= 0.6 is 0 Å². The van der Waals surface area contributed by atoms with Gasteiger partial charge >= 0.3 is 0 Å². The Kier molecular flexibility index (Phi) is 8.67. The fourth-order valence-corrected chi connectivity index (χ4v) is 5.08. The lowest BCUT2D eigenvalue weighted by Crippen LogP contribution is -2.45. The molecule has 0 unspecified atom stereocenters. The molecule has 0 saturated carbocycles. The first kappa shape index (κ1) is 28.9. The van der Waals surface area contributed by atoms with E-state index in [-0.39, 0.29) is 22.6 Å². The number of phenolic OH excluding ortho intramolecular Hbond substituents is 2. The van der Waals surface area contributed by atoms with Crippen LogP contribution in [0, 0.1) is 0 Å². The maximum absolute atomic E-state index is 12.2. The lowest BCUT2D eigenvalue weighted by molar-refractivity contribution is -0.0441. The Labute approximate surface area is 236 Å². The van der Waals surface area contributed by atoms with E-state index in [1.807, 2.05) is 45.9 Å². The molecule has 0 aliphatic carbocycles. The average molecular weight is 543 g/mol. The Morgan fingerprint density at radius 3 is 1.85 bits per heavy atom. The van der Waals surface area contributed by atoms with Crippen LogP contribution in [0.1, 0.15) is 103 Å². The summed E-state index contributed by atoms with van der Waals surface area (Å²) in [4.78, 5) is 24.2. The van der Waals surface area contributed by atoms with Crippen LogP contribution in [0.4, 0.5) is 0 Å². The number of carbonyl (C=O) groups excluding carboxylic acids is 2. The highest BCUT2D eigenvalue weighted by molar-refractivity contribution is 5.91. The van der Waals surface area contributed by atoms with Gasteiger partial charge in [0.25, 0.3) is 5.79 Å². The zero-order valence-electron chi connectivity index (χ0n) is 24.0. The van der Waals surface area contributed by atoms with Gasteiger partial charge in [0.05, 0.1) is 11.1 Å². The minimum atomic E-state index is -1.30. The number of ether oxygens (including phenoxy) is 2. The quantitative estimate of drug-likeness (QED) is 0.180. The van der Waals surface area contributed by atoms with E-state index < -0.39 is 5.79 Å². The van der Waals surface area contributed by atoms with Crippen molar-refractivity contribution < 1.29 is 29.3 Å². The van der Waals surface area contributed by atoms with Crippen LogP contribution in [-0.4, -0.2) is 28.6 Å². The van der Waals surface area contributed by atoms with Crippen molar-refractivity contribution in [3.63, 3.8) is 0 Å². The number of unbranched alkanes of at least 4 members (excludes halogenated alkanes) is 2. The van der Waals surface area contributed by atoms with Crippen LogP contribution < -0.4 is 9.47 Å². The number of hydrogen-bond donors (Lipinski definition) is 2. The van der Waals surface area contributed by atoms with E-state index in [0.717, 1.165) is 36.0 Å². The van der Waals surface area contributed by atoms with Gasteiger partial charge in [0, 0.05) is 33.9 Å². The molecule has 2 aromatic carbocycles. The number of hydrogen-bond acceptors (Lipinski definition) is 6. The molecule has 1 spiro atoms. The zero-order chi connectivity index (χ0) is 29.0. The zero-order valence-corrected chi connectivity index (χ0v) is 24.0. The van der Waals surface area contributed by atoms with E-state index >= 15 is 0 Å². The van der Waals surface area contributed by atoms with Crippen LogP contribution in [0.5, 0.6) is 23.0 Å². The highest BCUT2D eigenvalue weighted by atomic mass is 16.7. The van der Waals surface area contributed by atoms with Crippen molar-refractivity contribution in [1.29, 1.82) is 0 Å². The van der Waals surface area contributed by atoms with Gasteiger partial charge in [-0.1, -0.05) is 43.1 Å². The Hall–Kier alpha value is -4.06. The van der Waals surface area contributed by atoms with Gasteiger partial charge in [-0.05, 0) is 77.7 Å². The van der Waals surface area contributed by atoms with Gasteiger partial charge in [-0.15, -0.1) is 0 Å². The Balaban J connectivity index is 1.87. The maximum atomic E-state index is 12.2. The first-order valence-electron chi connectivity index (χ1n) is 13.9. The molecule has 0 bridgehead atoms.